The molecule has 1 unspecified atom stereocenters. The van der Waals surface area contributed by atoms with Gasteiger partial charge in [-0.2, -0.15) is 5.10 Å². The fraction of sp³-hybridized carbons (Fsp3) is 0.455. The summed E-state index contributed by atoms with van der Waals surface area (Å²) < 4.78 is 17.7. The van der Waals surface area contributed by atoms with Gasteiger partial charge in [-0.15, -0.1) is 10.2 Å². The molecule has 0 saturated carbocycles. The number of carbonyl (C=O) groups is 1. The van der Waals surface area contributed by atoms with Crippen LogP contribution in [0.4, 0.5) is 4.39 Å². The number of halogens is 1. The Hall–Kier alpha value is -3.03. The Balaban J connectivity index is 1.34. The number of aryl methyl sites for hydroxylation is 1. The lowest BCUT2D eigenvalue weighted by Crippen LogP contribution is -2.40. The first-order chi connectivity index (χ1) is 14.7. The molecule has 2 aliphatic heterocycles. The van der Waals surface area contributed by atoms with Gasteiger partial charge < -0.3 is 9.47 Å². The van der Waals surface area contributed by atoms with Crippen LogP contribution in [0, 0.1) is 5.82 Å². The molecule has 0 N–H and O–H groups in total. The average Bonchev–Trinajstić information content (AvgIpc) is 3.35. The van der Waals surface area contributed by atoms with E-state index in [1.54, 1.807) is 30.5 Å². The molecular weight excluding hydrogens is 383 g/mol. The number of likely N-dealkylation sites (tertiary alicyclic amines) is 1. The first-order valence-corrected chi connectivity index (χ1v) is 10.7. The number of piperidine rings is 1. The number of nitrogens with zero attached hydrogens (tertiary/aromatic N) is 6. The number of para-hydroxylation sites is 1. The van der Waals surface area contributed by atoms with Crippen LogP contribution in [0.25, 0.3) is 5.69 Å². The lowest BCUT2D eigenvalue weighted by atomic mass is 9.96. The zero-order valence-corrected chi connectivity index (χ0v) is 16.9. The first-order valence-electron chi connectivity index (χ1n) is 10.7. The van der Waals surface area contributed by atoms with Crippen LogP contribution < -0.4 is 0 Å². The van der Waals surface area contributed by atoms with Gasteiger partial charge in [0, 0.05) is 38.2 Å². The van der Waals surface area contributed by atoms with E-state index in [1.807, 2.05) is 4.90 Å². The summed E-state index contributed by atoms with van der Waals surface area (Å²) in [6.45, 7) is 2.28. The predicted molar refractivity (Wildman–Crippen MR) is 109 cm³/mol. The van der Waals surface area contributed by atoms with Crippen molar-refractivity contribution < 1.29 is 9.18 Å². The molecule has 2 aromatic heterocycles. The third-order valence-corrected chi connectivity index (χ3v) is 6.12. The molecule has 5 rings (SSSR count). The molecule has 1 fully saturated rings. The molecular formula is C22H25FN6O. The SMILES string of the molecule is O=C(c1ccn(-c2ccccc2F)n1)N1CCCC(c2nnc3n2CCCCC3)C1. The minimum absolute atomic E-state index is 0.120. The summed E-state index contributed by atoms with van der Waals surface area (Å²) in [4.78, 5) is 14.9. The Kier molecular flexibility index (Phi) is 5.06. The predicted octanol–water partition coefficient (Wildman–Crippen LogP) is 3.35. The van der Waals surface area contributed by atoms with Crippen LogP contribution >= 0.6 is 0 Å². The minimum Gasteiger partial charge on any atom is -0.337 e. The van der Waals surface area contributed by atoms with Gasteiger partial charge in [-0.05, 0) is 43.9 Å². The van der Waals surface area contributed by atoms with Gasteiger partial charge in [0.2, 0.25) is 0 Å². The quantitative estimate of drug-likeness (QED) is 0.667. The summed E-state index contributed by atoms with van der Waals surface area (Å²) in [5.41, 5.74) is 0.665. The van der Waals surface area contributed by atoms with E-state index in [0.717, 1.165) is 50.3 Å². The van der Waals surface area contributed by atoms with Crippen molar-refractivity contribution in [2.45, 2.75) is 51.0 Å². The van der Waals surface area contributed by atoms with E-state index in [-0.39, 0.29) is 17.6 Å². The van der Waals surface area contributed by atoms with Crippen LogP contribution in [0.15, 0.2) is 36.5 Å². The summed E-state index contributed by atoms with van der Waals surface area (Å²) in [7, 11) is 0. The van der Waals surface area contributed by atoms with Gasteiger partial charge >= 0.3 is 0 Å². The maximum Gasteiger partial charge on any atom is 0.274 e. The monoisotopic (exact) mass is 408 g/mol. The minimum atomic E-state index is -0.370. The molecule has 0 aliphatic carbocycles. The maximum atomic E-state index is 14.0. The Bertz CT molecular complexity index is 1060. The second kappa shape index (κ2) is 8.01. The Labute approximate surface area is 174 Å². The Morgan fingerprint density at radius 2 is 1.93 bits per heavy atom. The third kappa shape index (κ3) is 3.51. The van der Waals surface area contributed by atoms with Crippen LogP contribution in [0.5, 0.6) is 0 Å². The molecule has 0 bridgehead atoms. The number of fused-ring (bicyclic) bond motifs is 1. The van der Waals surface area contributed by atoms with Gasteiger partial charge in [0.15, 0.2) is 5.69 Å². The molecule has 30 heavy (non-hydrogen) atoms. The number of hydrogen-bond donors (Lipinski definition) is 0. The molecule has 1 amide bonds. The van der Waals surface area contributed by atoms with Gasteiger partial charge in [-0.1, -0.05) is 18.6 Å². The van der Waals surface area contributed by atoms with Crippen molar-refractivity contribution in [2.24, 2.45) is 0 Å². The van der Waals surface area contributed by atoms with Gasteiger partial charge in [0.1, 0.15) is 23.2 Å². The molecule has 3 aromatic rings. The van der Waals surface area contributed by atoms with Crippen LogP contribution in [-0.2, 0) is 13.0 Å². The molecule has 1 aromatic carbocycles. The summed E-state index contributed by atoms with van der Waals surface area (Å²) >= 11 is 0. The summed E-state index contributed by atoms with van der Waals surface area (Å²) in [5, 5.41) is 13.3. The maximum absolute atomic E-state index is 14.0. The van der Waals surface area contributed by atoms with Gasteiger partial charge in [0.25, 0.3) is 5.91 Å². The first kappa shape index (κ1) is 19.0. The molecule has 2 aliphatic rings. The van der Waals surface area contributed by atoms with Crippen LogP contribution in [0.3, 0.4) is 0 Å². The fourth-order valence-electron chi connectivity index (χ4n) is 4.55. The summed E-state index contributed by atoms with van der Waals surface area (Å²) in [6.07, 6.45) is 8.08. The van der Waals surface area contributed by atoms with Gasteiger partial charge in [-0.25, -0.2) is 9.07 Å². The molecule has 1 saturated heterocycles. The number of carbonyl (C=O) groups excluding carboxylic acids is 1. The number of amides is 1. The molecule has 0 radical (unpaired) electrons. The normalized spacial score (nSPS) is 19.4. The van der Waals surface area contributed by atoms with E-state index in [9.17, 15) is 9.18 Å². The van der Waals surface area contributed by atoms with Crippen molar-refractivity contribution in [2.75, 3.05) is 13.1 Å². The average molecular weight is 408 g/mol. The Morgan fingerprint density at radius 3 is 2.83 bits per heavy atom. The molecule has 0 spiro atoms. The fourth-order valence-corrected chi connectivity index (χ4v) is 4.55. The van der Waals surface area contributed by atoms with Crippen molar-refractivity contribution in [3.63, 3.8) is 0 Å². The number of hydrogen-bond acceptors (Lipinski definition) is 4. The van der Waals surface area contributed by atoms with E-state index in [2.05, 4.69) is 19.9 Å². The zero-order chi connectivity index (χ0) is 20.5. The lowest BCUT2D eigenvalue weighted by molar-refractivity contribution is 0.0696. The molecule has 4 heterocycles. The van der Waals surface area contributed by atoms with E-state index >= 15 is 0 Å². The number of aromatic nitrogens is 5. The second-order valence-corrected chi connectivity index (χ2v) is 8.12. The van der Waals surface area contributed by atoms with Crippen LogP contribution in [0.2, 0.25) is 0 Å². The lowest BCUT2D eigenvalue weighted by Gasteiger charge is -2.32. The van der Waals surface area contributed by atoms with Crippen molar-refractivity contribution in [3.05, 3.63) is 59.7 Å². The number of benzene rings is 1. The molecule has 1 atom stereocenters. The van der Waals surface area contributed by atoms with Crippen LogP contribution in [0.1, 0.15) is 60.2 Å². The third-order valence-electron chi connectivity index (χ3n) is 6.12. The van der Waals surface area contributed by atoms with Crippen LogP contribution in [-0.4, -0.2) is 48.4 Å². The topological polar surface area (TPSA) is 68.8 Å². The summed E-state index contributed by atoms with van der Waals surface area (Å²) in [5.74, 6) is 1.79. The smallest absolute Gasteiger partial charge is 0.274 e. The van der Waals surface area contributed by atoms with Gasteiger partial charge in [0.05, 0.1) is 0 Å². The highest BCUT2D eigenvalue weighted by Crippen LogP contribution is 2.28. The Morgan fingerprint density at radius 1 is 1.03 bits per heavy atom. The van der Waals surface area contributed by atoms with Crippen molar-refractivity contribution in [3.8, 4) is 5.69 Å². The van der Waals surface area contributed by atoms with Crippen molar-refractivity contribution in [1.82, 2.24) is 29.4 Å². The standard InChI is InChI=1S/C22H25FN6O/c23-17-8-3-4-9-19(17)29-14-11-18(26-29)22(30)27-12-6-7-16(15-27)21-25-24-20-10-2-1-5-13-28(20)21/h3-4,8-9,11,14,16H,1-2,5-7,10,12-13,15H2. The second-order valence-electron chi connectivity index (χ2n) is 8.12. The van der Waals surface area contributed by atoms with Gasteiger partial charge in [-0.3, -0.25) is 4.79 Å². The molecule has 7 nitrogen and oxygen atoms in total. The number of rotatable bonds is 3. The van der Waals surface area contributed by atoms with Crippen molar-refractivity contribution in [1.29, 1.82) is 0 Å². The van der Waals surface area contributed by atoms with E-state index in [0.29, 0.717) is 24.5 Å². The molecule has 156 valence electrons. The largest absolute Gasteiger partial charge is 0.337 e. The van der Waals surface area contributed by atoms with E-state index in [1.165, 1.54) is 17.2 Å². The zero-order valence-electron chi connectivity index (χ0n) is 16.9. The highest BCUT2D eigenvalue weighted by molar-refractivity contribution is 5.92. The highest BCUT2D eigenvalue weighted by Gasteiger charge is 2.30. The van der Waals surface area contributed by atoms with E-state index < -0.39 is 0 Å². The van der Waals surface area contributed by atoms with E-state index in [4.69, 9.17) is 0 Å². The molecule has 8 heteroatoms. The summed E-state index contributed by atoms with van der Waals surface area (Å²) in [6, 6.07) is 8.06. The highest BCUT2D eigenvalue weighted by atomic mass is 19.1. The van der Waals surface area contributed by atoms with Crippen molar-refractivity contribution >= 4 is 5.91 Å².